The van der Waals surface area contributed by atoms with Gasteiger partial charge in [-0.25, -0.2) is 0 Å². The van der Waals surface area contributed by atoms with Crippen molar-refractivity contribution in [2.45, 2.75) is 90.9 Å². The van der Waals surface area contributed by atoms with Crippen LogP contribution in [0.25, 0.3) is 0 Å². The Balaban J connectivity index is 0.00000841. The molecular formula is C26H50Br2NP. The van der Waals surface area contributed by atoms with Crippen LogP contribution in [0.15, 0.2) is 30.3 Å². The van der Waals surface area contributed by atoms with Crippen molar-refractivity contribution >= 4 is 43.1 Å². The van der Waals surface area contributed by atoms with Crippen LogP contribution in [0.1, 0.15) is 90.9 Å². The van der Waals surface area contributed by atoms with Gasteiger partial charge in [-0.1, -0.05) is 0 Å². The molecule has 1 aromatic rings. The Kier molecular flexibility index (Phi) is 17.4. The first kappa shape index (κ1) is 30.6. The summed E-state index contributed by atoms with van der Waals surface area (Å²) in [5, 5.41) is -0.358. The van der Waals surface area contributed by atoms with Crippen LogP contribution in [0.3, 0.4) is 0 Å². The molecule has 0 saturated heterocycles. The van der Waals surface area contributed by atoms with Gasteiger partial charge in [-0.05, 0) is 0 Å². The van der Waals surface area contributed by atoms with Crippen LogP contribution in [0.5, 0.6) is 0 Å². The van der Waals surface area contributed by atoms with Gasteiger partial charge in [0.25, 0.3) is 0 Å². The standard InChI is InChI=1S/C26H49BrNP.BrH/c1-5-7-23-29(27,24-8-6-2,26-20-16-15-17-21-26)25-19-14-12-10-9-11-13-18-22-28(3)4;/h15-17,20-21H,5-14,18-19,22-25H2,1-4H3;1H. The summed E-state index contributed by atoms with van der Waals surface area (Å²) in [4.78, 5) is 2.30. The number of hydrogen-bond acceptors (Lipinski definition) is 1. The van der Waals surface area contributed by atoms with Gasteiger partial charge in [-0.2, -0.15) is 0 Å². The maximum absolute atomic E-state index is 4.55. The summed E-state index contributed by atoms with van der Waals surface area (Å²) in [6.07, 6.45) is 20.7. The van der Waals surface area contributed by atoms with Crippen molar-refractivity contribution in [2.75, 3.05) is 39.1 Å². The molecule has 0 bridgehead atoms. The Labute approximate surface area is 207 Å². The van der Waals surface area contributed by atoms with E-state index in [1.54, 1.807) is 5.30 Å². The Morgan fingerprint density at radius 2 is 1.10 bits per heavy atom. The number of rotatable bonds is 18. The molecule has 0 heterocycles. The molecule has 0 aliphatic heterocycles. The van der Waals surface area contributed by atoms with Crippen molar-refractivity contribution in [1.82, 2.24) is 4.90 Å². The number of hydrogen-bond donors (Lipinski definition) is 0. The second kappa shape index (κ2) is 17.1. The van der Waals surface area contributed by atoms with Crippen molar-refractivity contribution in [3.8, 4) is 0 Å². The molecule has 0 spiro atoms. The van der Waals surface area contributed by atoms with Crippen molar-refractivity contribution in [3.05, 3.63) is 30.3 Å². The number of unbranched alkanes of at least 4 members (excludes halogenated alkanes) is 9. The summed E-state index contributed by atoms with van der Waals surface area (Å²) in [5.74, 6) is 0. The normalized spacial score (nSPS) is 13.1. The van der Waals surface area contributed by atoms with E-state index in [0.717, 1.165) is 0 Å². The molecule has 1 nitrogen and oxygen atoms in total. The molecule has 0 unspecified atom stereocenters. The molecule has 178 valence electrons. The molecule has 0 N–H and O–H groups in total. The van der Waals surface area contributed by atoms with Gasteiger partial charge in [0.15, 0.2) is 0 Å². The Bertz CT molecular complexity index is 513. The van der Waals surface area contributed by atoms with E-state index in [0.29, 0.717) is 0 Å². The summed E-state index contributed by atoms with van der Waals surface area (Å²) in [6.45, 7) is 5.93. The van der Waals surface area contributed by atoms with Crippen LogP contribution >= 0.6 is 37.8 Å². The van der Waals surface area contributed by atoms with Crippen molar-refractivity contribution in [3.63, 3.8) is 0 Å². The van der Waals surface area contributed by atoms with Crippen LogP contribution in [-0.4, -0.2) is 44.0 Å². The molecule has 0 fully saturated rings. The van der Waals surface area contributed by atoms with E-state index in [1.807, 2.05) is 0 Å². The van der Waals surface area contributed by atoms with Gasteiger partial charge in [0.1, 0.15) is 0 Å². The van der Waals surface area contributed by atoms with Gasteiger partial charge in [0.2, 0.25) is 0 Å². The second-order valence-electron chi connectivity index (χ2n) is 9.43. The van der Waals surface area contributed by atoms with Gasteiger partial charge in [0, 0.05) is 0 Å². The molecule has 0 aliphatic carbocycles. The van der Waals surface area contributed by atoms with E-state index in [2.05, 4.69) is 78.7 Å². The zero-order valence-electron chi connectivity index (χ0n) is 20.4. The van der Waals surface area contributed by atoms with E-state index in [4.69, 9.17) is 0 Å². The fourth-order valence-electron chi connectivity index (χ4n) is 4.53. The monoisotopic (exact) mass is 565 g/mol. The summed E-state index contributed by atoms with van der Waals surface area (Å²) < 4.78 is 0. The van der Waals surface area contributed by atoms with Crippen molar-refractivity contribution in [1.29, 1.82) is 0 Å². The number of nitrogens with zero attached hydrogens (tertiary/aromatic N) is 1. The van der Waals surface area contributed by atoms with Crippen molar-refractivity contribution < 1.29 is 0 Å². The summed E-state index contributed by atoms with van der Waals surface area (Å²) in [6, 6.07) is 11.5. The molecule has 0 atom stereocenters. The van der Waals surface area contributed by atoms with Crippen LogP contribution in [-0.2, 0) is 0 Å². The third kappa shape index (κ3) is 11.4. The number of benzene rings is 1. The molecule has 0 saturated carbocycles. The van der Waals surface area contributed by atoms with E-state index in [1.165, 1.54) is 102 Å². The quantitative estimate of drug-likeness (QED) is 0.126. The van der Waals surface area contributed by atoms with E-state index in [9.17, 15) is 0 Å². The summed E-state index contributed by atoms with van der Waals surface area (Å²) in [5.41, 5.74) is 0. The first-order chi connectivity index (χ1) is 13.9. The fourth-order valence-corrected chi connectivity index (χ4v) is 12.9. The third-order valence-electron chi connectivity index (χ3n) is 6.48. The molecule has 1 rings (SSSR count). The topological polar surface area (TPSA) is 3.24 Å². The minimum absolute atomic E-state index is 0. The van der Waals surface area contributed by atoms with E-state index >= 15 is 0 Å². The zero-order chi connectivity index (χ0) is 21.5. The van der Waals surface area contributed by atoms with Crippen LogP contribution in [0, 0.1) is 0 Å². The van der Waals surface area contributed by atoms with Gasteiger partial charge < -0.3 is 0 Å². The first-order valence-corrected chi connectivity index (χ1v) is 17.2. The minimum atomic E-state index is -2.00. The average molecular weight is 567 g/mol. The SMILES string of the molecule is Br.CCCCP(Br)(CCCC)(CCCCCCCCCCN(C)C)c1ccccc1. The maximum atomic E-state index is 4.55. The van der Waals surface area contributed by atoms with Gasteiger partial charge in [0.05, 0.1) is 0 Å². The van der Waals surface area contributed by atoms with Gasteiger partial charge in [-0.3, -0.25) is 0 Å². The fraction of sp³-hybridized carbons (Fsp3) is 0.769. The Morgan fingerprint density at radius 1 is 0.667 bits per heavy atom. The van der Waals surface area contributed by atoms with Crippen LogP contribution < -0.4 is 5.30 Å². The molecule has 0 aromatic heterocycles. The molecule has 4 heteroatoms. The molecule has 1 aromatic carbocycles. The van der Waals surface area contributed by atoms with Crippen LogP contribution in [0.4, 0.5) is 0 Å². The molecule has 0 aliphatic rings. The van der Waals surface area contributed by atoms with Gasteiger partial charge >= 0.3 is 191 Å². The Morgan fingerprint density at radius 3 is 1.57 bits per heavy atom. The zero-order valence-corrected chi connectivity index (χ0v) is 24.6. The molecular weight excluding hydrogens is 517 g/mol. The first-order valence-electron chi connectivity index (χ1n) is 12.4. The second-order valence-corrected chi connectivity index (χ2v) is 20.0. The molecule has 0 amide bonds. The summed E-state index contributed by atoms with van der Waals surface area (Å²) in [7, 11) is 4.35. The third-order valence-corrected chi connectivity index (χ3v) is 16.5. The van der Waals surface area contributed by atoms with E-state index < -0.39 is 5.31 Å². The molecule has 0 radical (unpaired) electrons. The average Bonchev–Trinajstić information content (AvgIpc) is 2.73. The summed E-state index contributed by atoms with van der Waals surface area (Å²) >= 11 is 4.55. The predicted molar refractivity (Wildman–Crippen MR) is 152 cm³/mol. The predicted octanol–water partition coefficient (Wildman–Crippen LogP) is 9.04. The van der Waals surface area contributed by atoms with Crippen LogP contribution in [0.2, 0.25) is 0 Å². The van der Waals surface area contributed by atoms with E-state index in [-0.39, 0.29) is 17.0 Å². The number of halogens is 2. The van der Waals surface area contributed by atoms with Crippen molar-refractivity contribution in [2.24, 2.45) is 0 Å². The van der Waals surface area contributed by atoms with Gasteiger partial charge in [-0.15, -0.1) is 17.0 Å². The Hall–Kier alpha value is 0.570. The molecule has 30 heavy (non-hydrogen) atoms.